The van der Waals surface area contributed by atoms with Crippen molar-refractivity contribution in [1.29, 1.82) is 0 Å². The van der Waals surface area contributed by atoms with Gasteiger partial charge in [-0.3, -0.25) is 9.59 Å². The van der Waals surface area contributed by atoms with E-state index < -0.39 is 0 Å². The molecule has 162 valence electrons. The van der Waals surface area contributed by atoms with Crippen LogP contribution in [0.1, 0.15) is 47.1 Å². The second kappa shape index (κ2) is 10.3. The Balaban J connectivity index is 1.49. The van der Waals surface area contributed by atoms with Gasteiger partial charge in [-0.2, -0.15) is 0 Å². The van der Waals surface area contributed by atoms with E-state index in [-0.39, 0.29) is 24.1 Å². The molecule has 0 aliphatic heterocycles. The van der Waals surface area contributed by atoms with E-state index in [1.54, 1.807) is 16.7 Å². The molecule has 0 radical (unpaired) electrons. The molecule has 31 heavy (non-hydrogen) atoms. The summed E-state index contributed by atoms with van der Waals surface area (Å²) in [7, 11) is 1.82. The Morgan fingerprint density at radius 2 is 1.71 bits per heavy atom. The maximum absolute atomic E-state index is 12.3. The van der Waals surface area contributed by atoms with Crippen LogP contribution < -0.4 is 10.6 Å². The zero-order chi connectivity index (χ0) is 22.4. The molecule has 0 saturated heterocycles. The molecule has 0 aliphatic rings. The summed E-state index contributed by atoms with van der Waals surface area (Å²) in [5.74, 6) is 1.01. The average Bonchev–Trinajstić information content (AvgIpc) is 3.11. The van der Waals surface area contributed by atoms with Crippen LogP contribution in [-0.4, -0.2) is 32.3 Å². The fourth-order valence-electron chi connectivity index (χ4n) is 2.87. The molecular formula is C23H27N5O2S. The lowest BCUT2D eigenvalue weighted by molar-refractivity contribution is -0.113. The first-order valence-electron chi connectivity index (χ1n) is 10.1. The number of aromatic nitrogens is 3. The van der Waals surface area contributed by atoms with Crippen LogP contribution in [0.3, 0.4) is 0 Å². The number of nitrogens with one attached hydrogen (secondary N) is 2. The fraction of sp³-hybridized carbons (Fsp3) is 0.304. The van der Waals surface area contributed by atoms with Crippen LogP contribution >= 0.6 is 11.8 Å². The summed E-state index contributed by atoms with van der Waals surface area (Å²) in [6, 6.07) is 15.2. The van der Waals surface area contributed by atoms with E-state index in [0.717, 1.165) is 11.3 Å². The molecule has 2 amide bonds. The molecule has 1 aromatic heterocycles. The van der Waals surface area contributed by atoms with Crippen LogP contribution in [0, 0.1) is 6.92 Å². The highest BCUT2D eigenvalue weighted by molar-refractivity contribution is 7.99. The minimum Gasteiger partial charge on any atom is -0.345 e. The zero-order valence-electron chi connectivity index (χ0n) is 18.2. The third-order valence-electron chi connectivity index (χ3n) is 4.84. The van der Waals surface area contributed by atoms with Crippen molar-refractivity contribution in [3.05, 3.63) is 71.0 Å². The molecule has 1 heterocycles. The molecule has 2 aromatic carbocycles. The van der Waals surface area contributed by atoms with Crippen molar-refractivity contribution in [1.82, 2.24) is 20.1 Å². The summed E-state index contributed by atoms with van der Waals surface area (Å²) in [5.41, 5.74) is 3.70. The monoisotopic (exact) mass is 437 g/mol. The van der Waals surface area contributed by atoms with E-state index >= 15 is 0 Å². The first-order chi connectivity index (χ1) is 14.8. The topological polar surface area (TPSA) is 88.9 Å². The number of hydrogen-bond acceptors (Lipinski definition) is 5. The summed E-state index contributed by atoms with van der Waals surface area (Å²) in [5, 5.41) is 14.6. The van der Waals surface area contributed by atoms with E-state index in [2.05, 4.69) is 34.7 Å². The van der Waals surface area contributed by atoms with Crippen molar-refractivity contribution < 1.29 is 9.59 Å². The molecule has 0 bridgehead atoms. The lowest BCUT2D eigenvalue weighted by Gasteiger charge is -2.08. The molecule has 3 aromatic rings. The van der Waals surface area contributed by atoms with Gasteiger partial charge < -0.3 is 15.2 Å². The predicted octanol–water partition coefficient (Wildman–Crippen LogP) is 3.91. The van der Waals surface area contributed by atoms with Gasteiger partial charge in [0.25, 0.3) is 5.91 Å². The molecule has 3 rings (SSSR count). The largest absolute Gasteiger partial charge is 0.345 e. The number of anilines is 1. The van der Waals surface area contributed by atoms with Gasteiger partial charge in [-0.1, -0.05) is 55.4 Å². The van der Waals surface area contributed by atoms with Crippen LogP contribution in [-0.2, 0) is 18.4 Å². The first kappa shape index (κ1) is 22.6. The summed E-state index contributed by atoms with van der Waals surface area (Å²) >= 11 is 1.30. The van der Waals surface area contributed by atoms with E-state index in [4.69, 9.17) is 0 Å². The molecule has 0 spiro atoms. The van der Waals surface area contributed by atoms with E-state index in [1.807, 2.05) is 50.4 Å². The smallest absolute Gasteiger partial charge is 0.251 e. The standard InChI is InChI=1S/C23H27N5O2S/c1-15(2)17-9-11-19(12-10-17)25-21(29)14-31-23-27-26-20(28(23)4)13-24-22(30)18-7-5-16(3)6-8-18/h5-12,15H,13-14H2,1-4H3,(H,24,30)(H,25,29). The number of rotatable bonds is 8. The third-order valence-corrected chi connectivity index (χ3v) is 5.86. The molecule has 2 N–H and O–H groups in total. The van der Waals surface area contributed by atoms with Gasteiger partial charge in [0.05, 0.1) is 12.3 Å². The fourth-order valence-corrected chi connectivity index (χ4v) is 3.60. The molecule has 7 nitrogen and oxygen atoms in total. The van der Waals surface area contributed by atoms with E-state index in [0.29, 0.717) is 22.5 Å². The van der Waals surface area contributed by atoms with Crippen LogP contribution in [0.2, 0.25) is 0 Å². The van der Waals surface area contributed by atoms with Gasteiger partial charge in [-0.15, -0.1) is 10.2 Å². The molecular weight excluding hydrogens is 410 g/mol. The maximum atomic E-state index is 12.3. The van der Waals surface area contributed by atoms with Gasteiger partial charge in [-0.25, -0.2) is 0 Å². The van der Waals surface area contributed by atoms with Crippen molar-refractivity contribution in [3.8, 4) is 0 Å². The first-order valence-corrected chi connectivity index (χ1v) is 11.1. The molecule has 8 heteroatoms. The van der Waals surface area contributed by atoms with Gasteiger partial charge in [-0.05, 0) is 42.7 Å². The van der Waals surface area contributed by atoms with Gasteiger partial charge in [0.2, 0.25) is 5.91 Å². The van der Waals surface area contributed by atoms with Crippen LogP contribution in [0.25, 0.3) is 0 Å². The van der Waals surface area contributed by atoms with E-state index in [9.17, 15) is 9.59 Å². The number of carbonyl (C=O) groups is 2. The van der Waals surface area contributed by atoms with Gasteiger partial charge in [0, 0.05) is 18.3 Å². The van der Waals surface area contributed by atoms with Crippen molar-refractivity contribution in [3.63, 3.8) is 0 Å². The van der Waals surface area contributed by atoms with Crippen LogP contribution in [0.5, 0.6) is 0 Å². The minimum atomic E-state index is -0.167. The third kappa shape index (κ3) is 6.18. The van der Waals surface area contributed by atoms with Crippen LogP contribution in [0.15, 0.2) is 53.7 Å². The van der Waals surface area contributed by atoms with Gasteiger partial charge >= 0.3 is 0 Å². The number of aryl methyl sites for hydroxylation is 1. The highest BCUT2D eigenvalue weighted by atomic mass is 32.2. The Morgan fingerprint density at radius 3 is 2.35 bits per heavy atom. The minimum absolute atomic E-state index is 0.112. The normalized spacial score (nSPS) is 10.9. The number of amides is 2. The summed E-state index contributed by atoms with van der Waals surface area (Å²) in [6.45, 7) is 6.50. The molecule has 0 atom stereocenters. The number of hydrogen-bond donors (Lipinski definition) is 2. The highest BCUT2D eigenvalue weighted by Gasteiger charge is 2.13. The van der Waals surface area contributed by atoms with Gasteiger partial charge in [0.1, 0.15) is 0 Å². The summed E-state index contributed by atoms with van der Waals surface area (Å²) in [6.07, 6.45) is 0. The number of carbonyl (C=O) groups excluding carboxylic acids is 2. The SMILES string of the molecule is Cc1ccc(C(=O)NCc2nnc(SCC(=O)Nc3ccc(C(C)C)cc3)n2C)cc1. The lowest BCUT2D eigenvalue weighted by Crippen LogP contribution is -2.24. The summed E-state index contributed by atoms with van der Waals surface area (Å²) in [4.78, 5) is 24.5. The quantitative estimate of drug-likeness (QED) is 0.522. The maximum Gasteiger partial charge on any atom is 0.251 e. The Kier molecular flexibility index (Phi) is 7.46. The molecule has 0 unspecified atom stereocenters. The van der Waals surface area contributed by atoms with Gasteiger partial charge in [0.15, 0.2) is 11.0 Å². The predicted molar refractivity (Wildman–Crippen MR) is 123 cm³/mol. The Bertz CT molecular complexity index is 1040. The van der Waals surface area contributed by atoms with Crippen molar-refractivity contribution in [2.75, 3.05) is 11.1 Å². The second-order valence-electron chi connectivity index (χ2n) is 7.62. The Morgan fingerprint density at radius 1 is 1.03 bits per heavy atom. The lowest BCUT2D eigenvalue weighted by atomic mass is 10.0. The molecule has 0 aliphatic carbocycles. The average molecular weight is 438 g/mol. The van der Waals surface area contributed by atoms with Crippen molar-refractivity contribution >= 4 is 29.3 Å². The van der Waals surface area contributed by atoms with Crippen molar-refractivity contribution in [2.24, 2.45) is 7.05 Å². The van der Waals surface area contributed by atoms with Crippen LogP contribution in [0.4, 0.5) is 5.69 Å². The Labute approximate surface area is 186 Å². The van der Waals surface area contributed by atoms with Crippen molar-refractivity contribution in [2.45, 2.75) is 38.4 Å². The second-order valence-corrected chi connectivity index (χ2v) is 8.56. The Hall–Kier alpha value is -3.13. The zero-order valence-corrected chi connectivity index (χ0v) is 19.0. The van der Waals surface area contributed by atoms with E-state index in [1.165, 1.54) is 17.3 Å². The number of benzene rings is 2. The molecule has 0 saturated carbocycles. The molecule has 0 fully saturated rings. The number of thioether (sulfide) groups is 1. The summed E-state index contributed by atoms with van der Waals surface area (Å²) < 4.78 is 1.78. The number of nitrogens with zero attached hydrogens (tertiary/aromatic N) is 3. The highest BCUT2D eigenvalue weighted by Crippen LogP contribution is 2.19.